The molecule has 1 aromatic carbocycles. The fourth-order valence-electron chi connectivity index (χ4n) is 2.33. The lowest BCUT2D eigenvalue weighted by atomic mass is 9.97. The lowest BCUT2D eigenvalue weighted by Crippen LogP contribution is -2.43. The van der Waals surface area contributed by atoms with Crippen molar-refractivity contribution in [2.45, 2.75) is 12.8 Å². The Labute approximate surface area is 118 Å². The van der Waals surface area contributed by atoms with Gasteiger partial charge in [0.15, 0.2) is 0 Å². The Balaban J connectivity index is 2.12. The van der Waals surface area contributed by atoms with Crippen molar-refractivity contribution in [2.75, 3.05) is 20.2 Å². The zero-order valence-electron chi connectivity index (χ0n) is 11.0. The highest BCUT2D eigenvalue weighted by atomic mass is 32.1. The summed E-state index contributed by atoms with van der Waals surface area (Å²) in [6, 6.07) is 7.20. The molecule has 1 atom stereocenters. The van der Waals surface area contributed by atoms with Crippen LogP contribution in [-0.4, -0.2) is 36.0 Å². The summed E-state index contributed by atoms with van der Waals surface area (Å²) in [6.45, 7) is 1.38. The number of amides is 1. The van der Waals surface area contributed by atoms with Crippen LogP contribution in [0.5, 0.6) is 5.75 Å². The molecule has 102 valence electrons. The predicted molar refractivity (Wildman–Crippen MR) is 78.4 cm³/mol. The Kier molecular flexibility index (Phi) is 4.37. The average molecular weight is 278 g/mol. The molecule has 0 aliphatic carbocycles. The Morgan fingerprint density at radius 3 is 3.00 bits per heavy atom. The molecule has 19 heavy (non-hydrogen) atoms. The van der Waals surface area contributed by atoms with Crippen LogP contribution in [0.25, 0.3) is 0 Å². The van der Waals surface area contributed by atoms with Gasteiger partial charge in [-0.2, -0.15) is 0 Å². The number of nitrogens with zero attached hydrogens (tertiary/aromatic N) is 1. The summed E-state index contributed by atoms with van der Waals surface area (Å²) in [5.41, 5.74) is 6.33. The van der Waals surface area contributed by atoms with Crippen molar-refractivity contribution < 1.29 is 9.53 Å². The predicted octanol–water partition coefficient (Wildman–Crippen LogP) is 1.83. The number of rotatable bonds is 3. The SMILES string of the molecule is COc1cccc(C(=O)N2CCCC(C(N)=S)C2)c1. The second kappa shape index (κ2) is 6.02. The van der Waals surface area contributed by atoms with E-state index >= 15 is 0 Å². The van der Waals surface area contributed by atoms with Crippen molar-refractivity contribution in [2.24, 2.45) is 11.7 Å². The summed E-state index contributed by atoms with van der Waals surface area (Å²) < 4.78 is 5.14. The number of carbonyl (C=O) groups is 1. The lowest BCUT2D eigenvalue weighted by Gasteiger charge is -2.32. The van der Waals surface area contributed by atoms with Crippen LogP contribution in [0.1, 0.15) is 23.2 Å². The normalized spacial score (nSPS) is 19.0. The quantitative estimate of drug-likeness (QED) is 0.857. The van der Waals surface area contributed by atoms with Gasteiger partial charge >= 0.3 is 0 Å². The summed E-state index contributed by atoms with van der Waals surface area (Å²) in [6.07, 6.45) is 1.91. The highest BCUT2D eigenvalue weighted by Crippen LogP contribution is 2.20. The van der Waals surface area contributed by atoms with Crippen LogP contribution >= 0.6 is 12.2 Å². The van der Waals surface area contributed by atoms with Gasteiger partial charge < -0.3 is 15.4 Å². The van der Waals surface area contributed by atoms with E-state index in [1.54, 1.807) is 19.2 Å². The average Bonchev–Trinajstić information content (AvgIpc) is 2.46. The molecule has 1 amide bonds. The van der Waals surface area contributed by atoms with Crippen molar-refractivity contribution >= 4 is 23.1 Å². The summed E-state index contributed by atoms with van der Waals surface area (Å²) in [4.78, 5) is 14.7. The maximum Gasteiger partial charge on any atom is 0.254 e. The highest BCUT2D eigenvalue weighted by Gasteiger charge is 2.25. The molecule has 0 aromatic heterocycles. The zero-order valence-corrected chi connectivity index (χ0v) is 11.8. The molecule has 1 saturated heterocycles. The molecule has 0 radical (unpaired) electrons. The van der Waals surface area contributed by atoms with Crippen LogP contribution < -0.4 is 10.5 Å². The van der Waals surface area contributed by atoms with Crippen LogP contribution in [0, 0.1) is 5.92 Å². The first kappa shape index (κ1) is 13.8. The first-order chi connectivity index (χ1) is 9.11. The summed E-state index contributed by atoms with van der Waals surface area (Å²) >= 11 is 5.03. The molecule has 0 bridgehead atoms. The number of nitrogens with two attached hydrogens (primary N) is 1. The van der Waals surface area contributed by atoms with Gasteiger partial charge in [-0.1, -0.05) is 18.3 Å². The molecule has 1 heterocycles. The molecule has 1 aromatic rings. The molecular formula is C14H18N2O2S. The molecule has 1 unspecified atom stereocenters. The Morgan fingerprint density at radius 1 is 1.53 bits per heavy atom. The van der Waals surface area contributed by atoms with Crippen molar-refractivity contribution in [1.82, 2.24) is 4.90 Å². The van der Waals surface area contributed by atoms with Gasteiger partial charge in [0.2, 0.25) is 0 Å². The summed E-state index contributed by atoms with van der Waals surface area (Å²) in [5, 5.41) is 0. The highest BCUT2D eigenvalue weighted by molar-refractivity contribution is 7.80. The van der Waals surface area contributed by atoms with Crippen LogP contribution in [-0.2, 0) is 0 Å². The number of thiocarbonyl (C=S) groups is 1. The standard InChI is InChI=1S/C14H18N2O2S/c1-18-12-6-2-4-10(8-12)14(17)16-7-3-5-11(9-16)13(15)19/h2,4,6,8,11H,3,5,7,9H2,1H3,(H2,15,19). The molecule has 4 nitrogen and oxygen atoms in total. The number of ether oxygens (including phenoxy) is 1. The number of hydrogen-bond acceptors (Lipinski definition) is 3. The monoisotopic (exact) mass is 278 g/mol. The van der Waals surface area contributed by atoms with Crippen molar-refractivity contribution in [1.29, 1.82) is 0 Å². The molecule has 5 heteroatoms. The van der Waals surface area contributed by atoms with Crippen molar-refractivity contribution in [3.63, 3.8) is 0 Å². The van der Waals surface area contributed by atoms with Gasteiger partial charge in [-0.05, 0) is 31.0 Å². The van der Waals surface area contributed by atoms with E-state index in [2.05, 4.69) is 0 Å². The minimum Gasteiger partial charge on any atom is -0.497 e. The first-order valence-electron chi connectivity index (χ1n) is 6.34. The fourth-order valence-corrected chi connectivity index (χ4v) is 2.52. The largest absolute Gasteiger partial charge is 0.497 e. The van der Waals surface area contributed by atoms with Gasteiger partial charge in [0.1, 0.15) is 5.75 Å². The van der Waals surface area contributed by atoms with Crippen LogP contribution in [0.2, 0.25) is 0 Å². The van der Waals surface area contributed by atoms with E-state index < -0.39 is 0 Å². The molecule has 2 rings (SSSR count). The first-order valence-corrected chi connectivity index (χ1v) is 6.75. The third-order valence-electron chi connectivity index (χ3n) is 3.43. The van der Waals surface area contributed by atoms with E-state index in [-0.39, 0.29) is 11.8 Å². The zero-order chi connectivity index (χ0) is 13.8. The Morgan fingerprint density at radius 2 is 2.32 bits per heavy atom. The molecular weight excluding hydrogens is 260 g/mol. The maximum absolute atomic E-state index is 12.4. The third-order valence-corrected chi connectivity index (χ3v) is 3.76. The van der Waals surface area contributed by atoms with Crippen LogP contribution in [0.4, 0.5) is 0 Å². The lowest BCUT2D eigenvalue weighted by molar-refractivity contribution is 0.0703. The number of benzene rings is 1. The van der Waals surface area contributed by atoms with E-state index in [1.165, 1.54) is 0 Å². The third kappa shape index (κ3) is 3.23. The van der Waals surface area contributed by atoms with Gasteiger partial charge in [-0.25, -0.2) is 0 Å². The van der Waals surface area contributed by atoms with E-state index in [4.69, 9.17) is 22.7 Å². The van der Waals surface area contributed by atoms with Gasteiger partial charge in [0.05, 0.1) is 12.1 Å². The minimum atomic E-state index is 0.0138. The number of hydrogen-bond donors (Lipinski definition) is 1. The number of piperidine rings is 1. The number of likely N-dealkylation sites (tertiary alicyclic amines) is 1. The van der Waals surface area contributed by atoms with E-state index in [9.17, 15) is 4.79 Å². The summed E-state index contributed by atoms with van der Waals surface area (Å²) in [5.74, 6) is 0.840. The van der Waals surface area contributed by atoms with Gasteiger partial charge in [-0.3, -0.25) is 4.79 Å². The second-order valence-corrected chi connectivity index (χ2v) is 5.20. The maximum atomic E-state index is 12.4. The molecule has 1 aliphatic rings. The van der Waals surface area contributed by atoms with E-state index in [0.717, 1.165) is 19.4 Å². The van der Waals surface area contributed by atoms with Crippen molar-refractivity contribution in [3.8, 4) is 5.75 Å². The number of carbonyl (C=O) groups excluding carboxylic acids is 1. The molecule has 1 fully saturated rings. The topological polar surface area (TPSA) is 55.6 Å². The fraction of sp³-hybridized carbons (Fsp3) is 0.429. The van der Waals surface area contributed by atoms with Gasteiger partial charge in [-0.15, -0.1) is 0 Å². The molecule has 1 aliphatic heterocycles. The van der Waals surface area contributed by atoms with Crippen LogP contribution in [0.15, 0.2) is 24.3 Å². The Hall–Kier alpha value is -1.62. The molecule has 0 spiro atoms. The smallest absolute Gasteiger partial charge is 0.254 e. The van der Waals surface area contributed by atoms with Gasteiger partial charge in [0.25, 0.3) is 5.91 Å². The Bertz CT molecular complexity index is 490. The van der Waals surface area contributed by atoms with Gasteiger partial charge in [0, 0.05) is 24.6 Å². The van der Waals surface area contributed by atoms with E-state index in [1.807, 2.05) is 17.0 Å². The second-order valence-electron chi connectivity index (χ2n) is 4.72. The minimum absolute atomic E-state index is 0.0138. The van der Waals surface area contributed by atoms with E-state index in [0.29, 0.717) is 22.8 Å². The summed E-state index contributed by atoms with van der Waals surface area (Å²) in [7, 11) is 1.59. The molecule has 0 saturated carbocycles. The van der Waals surface area contributed by atoms with Crippen LogP contribution in [0.3, 0.4) is 0 Å². The molecule has 2 N–H and O–H groups in total. The number of methoxy groups -OCH3 is 1. The van der Waals surface area contributed by atoms with Crippen molar-refractivity contribution in [3.05, 3.63) is 29.8 Å².